The summed E-state index contributed by atoms with van der Waals surface area (Å²) in [4.78, 5) is 2.30. The quantitative estimate of drug-likeness (QED) is 0.303. The number of hydrogen-bond donors (Lipinski definition) is 2. The normalized spacial score (nSPS) is 17.0. The molecule has 1 aliphatic carbocycles. The predicted octanol–water partition coefficient (Wildman–Crippen LogP) is 2.05. The third kappa shape index (κ3) is 7.59. The molecule has 0 saturated heterocycles. The summed E-state index contributed by atoms with van der Waals surface area (Å²) >= 11 is 0. The van der Waals surface area contributed by atoms with Gasteiger partial charge in [-0.1, -0.05) is 43.8 Å². The Labute approximate surface area is 274 Å². The molecule has 3 aromatic rings. The molecule has 0 spiro atoms. The van der Waals surface area contributed by atoms with E-state index < -0.39 is 5.60 Å². The van der Waals surface area contributed by atoms with Gasteiger partial charge in [0.25, 0.3) is 0 Å². The number of aliphatic hydroxyl groups excluding tert-OH is 1. The van der Waals surface area contributed by atoms with Crippen molar-refractivity contribution >= 4 is 0 Å². The molecule has 0 bridgehead atoms. The van der Waals surface area contributed by atoms with Crippen molar-refractivity contribution in [2.75, 3.05) is 19.7 Å². The molecule has 5 rings (SSSR count). The molecule has 2 heterocycles. The van der Waals surface area contributed by atoms with Gasteiger partial charge < -0.3 is 22.4 Å². The van der Waals surface area contributed by atoms with Gasteiger partial charge in [0, 0.05) is 37.0 Å². The molecule has 0 amide bonds. The molecule has 1 aliphatic heterocycles. The zero-order chi connectivity index (χ0) is 22.8. The second-order valence-corrected chi connectivity index (χ2v) is 9.28. The van der Waals surface area contributed by atoms with Gasteiger partial charge in [0.2, 0.25) is 0 Å². The van der Waals surface area contributed by atoms with Gasteiger partial charge in [0.15, 0.2) is 0 Å². The second-order valence-electron chi connectivity index (χ2n) is 9.28. The number of benzene rings is 2. The van der Waals surface area contributed by atoms with Gasteiger partial charge >= 0.3 is 68.9 Å². The molecular weight excluding hydrogens is 571 g/mol. The first-order valence-corrected chi connectivity index (χ1v) is 11.7. The van der Waals surface area contributed by atoms with Crippen molar-refractivity contribution in [1.82, 2.24) is 14.7 Å². The molecule has 2 aromatic carbocycles. The van der Waals surface area contributed by atoms with Crippen LogP contribution in [0.15, 0.2) is 72.4 Å². The SMILES string of the molecule is C.C[C@@](O)(CO)C1=CCCN(Cc2ccc(-c3ccn(-c4ccccc4)n3)cc2OC2CC2)C1.[CH3-].[Cs+]. The number of aliphatic hydroxyl groups is 2. The molecule has 1 saturated carbocycles. The minimum atomic E-state index is -1.17. The fraction of sp³-hybridized carbons (Fsp3) is 0.379. The van der Waals surface area contributed by atoms with Crippen molar-refractivity contribution in [1.29, 1.82) is 0 Å². The zero-order valence-corrected chi connectivity index (χ0v) is 27.3. The molecule has 1 fully saturated rings. The summed E-state index contributed by atoms with van der Waals surface area (Å²) in [6.45, 7) is 3.69. The Bertz CT molecular complexity index is 1140. The maximum absolute atomic E-state index is 10.5. The fourth-order valence-corrected chi connectivity index (χ4v) is 4.20. The van der Waals surface area contributed by atoms with Gasteiger partial charge in [-0.25, -0.2) is 4.68 Å². The van der Waals surface area contributed by atoms with Gasteiger partial charge in [0.1, 0.15) is 11.4 Å². The number of nitrogens with zero attached hydrogens (tertiary/aromatic N) is 3. The van der Waals surface area contributed by atoms with E-state index >= 15 is 0 Å². The van der Waals surface area contributed by atoms with Crippen molar-refractivity contribution in [2.24, 2.45) is 0 Å². The molecule has 0 radical (unpaired) electrons. The molecular formula is C29H38CsN3O3. The monoisotopic (exact) mass is 609 g/mol. The number of aromatic nitrogens is 2. The zero-order valence-electron chi connectivity index (χ0n) is 21.0. The van der Waals surface area contributed by atoms with Gasteiger partial charge in [-0.2, -0.15) is 5.10 Å². The molecule has 36 heavy (non-hydrogen) atoms. The standard InChI is InChI=1S/C27H31N3O3.CH4.CH3.Cs/c1-27(32,19-31)22-6-5-14-29(18-22)17-21-10-9-20(16-26(21)33-24-11-12-24)25-13-15-30(28-25)23-7-3-2-4-8-23;;;/h2-4,6-10,13,15-16,24,31-32H,5,11-12,14,17-19H2,1H3;1H4;1H3;/q;;-1;+1/t27-;;;/m1.../s1. The van der Waals surface area contributed by atoms with Crippen molar-refractivity contribution in [2.45, 2.75) is 51.9 Å². The van der Waals surface area contributed by atoms with Crippen LogP contribution >= 0.6 is 0 Å². The summed E-state index contributed by atoms with van der Waals surface area (Å²) in [7, 11) is 0. The average molecular weight is 610 g/mol. The van der Waals surface area contributed by atoms with Crippen LogP contribution in [0.3, 0.4) is 0 Å². The van der Waals surface area contributed by atoms with Crippen LogP contribution in [0.2, 0.25) is 0 Å². The van der Waals surface area contributed by atoms with E-state index in [1.54, 1.807) is 6.92 Å². The number of para-hydroxylation sites is 1. The van der Waals surface area contributed by atoms with Gasteiger partial charge in [-0.05, 0) is 56.0 Å². The summed E-state index contributed by atoms with van der Waals surface area (Å²) in [5.74, 6) is 0.911. The summed E-state index contributed by atoms with van der Waals surface area (Å²) in [5.41, 5.74) is 3.82. The van der Waals surface area contributed by atoms with Crippen molar-refractivity contribution < 1.29 is 83.8 Å². The Morgan fingerprint density at radius 1 is 1.11 bits per heavy atom. The minimum Gasteiger partial charge on any atom is -0.490 e. The number of ether oxygens (including phenoxy) is 1. The first kappa shape index (κ1) is 31.3. The Morgan fingerprint density at radius 3 is 2.56 bits per heavy atom. The molecule has 0 unspecified atom stereocenters. The van der Waals surface area contributed by atoms with E-state index in [1.807, 2.05) is 47.3 Å². The van der Waals surface area contributed by atoms with Crippen LogP contribution in [0.1, 0.15) is 39.2 Å². The van der Waals surface area contributed by atoms with E-state index in [2.05, 4.69) is 29.2 Å². The van der Waals surface area contributed by atoms with Crippen LogP contribution in [0.5, 0.6) is 5.75 Å². The summed E-state index contributed by atoms with van der Waals surface area (Å²) in [6.07, 6.45) is 7.40. The largest absolute Gasteiger partial charge is 1.00 e. The fourth-order valence-electron chi connectivity index (χ4n) is 4.20. The minimum absolute atomic E-state index is 0. The van der Waals surface area contributed by atoms with Crippen LogP contribution < -0.4 is 73.6 Å². The van der Waals surface area contributed by atoms with Crippen LogP contribution in [-0.4, -0.2) is 56.3 Å². The van der Waals surface area contributed by atoms with E-state index in [4.69, 9.17) is 9.84 Å². The van der Waals surface area contributed by atoms with E-state index in [-0.39, 0.29) is 90.4 Å². The second kappa shape index (κ2) is 13.8. The maximum atomic E-state index is 10.5. The molecule has 188 valence electrons. The predicted molar refractivity (Wildman–Crippen MR) is 141 cm³/mol. The Hall–Kier alpha value is -0.878. The first-order chi connectivity index (χ1) is 16.0. The van der Waals surface area contributed by atoms with E-state index in [0.29, 0.717) is 12.6 Å². The Balaban J connectivity index is 0.00000152. The number of hydrogen-bond acceptors (Lipinski definition) is 5. The van der Waals surface area contributed by atoms with Crippen molar-refractivity contribution in [3.63, 3.8) is 0 Å². The third-order valence-electron chi connectivity index (χ3n) is 6.41. The average Bonchev–Trinajstić information content (AvgIpc) is 3.52. The topological polar surface area (TPSA) is 70.8 Å². The van der Waals surface area contributed by atoms with Gasteiger partial charge in [-0.3, -0.25) is 4.90 Å². The Kier molecular flexibility index (Phi) is 12.0. The third-order valence-corrected chi connectivity index (χ3v) is 6.41. The molecule has 2 aliphatic rings. The van der Waals surface area contributed by atoms with Crippen LogP contribution in [0.4, 0.5) is 0 Å². The Morgan fingerprint density at radius 2 is 1.86 bits per heavy atom. The van der Waals surface area contributed by atoms with Crippen molar-refractivity contribution in [3.8, 4) is 22.7 Å². The van der Waals surface area contributed by atoms with E-state index in [9.17, 15) is 10.2 Å². The van der Waals surface area contributed by atoms with Crippen LogP contribution in [0, 0.1) is 7.43 Å². The molecule has 1 aromatic heterocycles. The van der Waals surface area contributed by atoms with E-state index in [0.717, 1.165) is 66.2 Å². The molecule has 2 N–H and O–H groups in total. The summed E-state index contributed by atoms with van der Waals surface area (Å²) in [6, 6.07) is 18.5. The number of rotatable bonds is 8. The molecule has 7 heteroatoms. The van der Waals surface area contributed by atoms with E-state index in [1.165, 1.54) is 0 Å². The maximum Gasteiger partial charge on any atom is 1.00 e. The van der Waals surface area contributed by atoms with Gasteiger partial charge in [-0.15, -0.1) is 0 Å². The summed E-state index contributed by atoms with van der Waals surface area (Å²) < 4.78 is 8.19. The van der Waals surface area contributed by atoms with Gasteiger partial charge in [0.05, 0.1) is 24.1 Å². The molecule has 1 atom stereocenters. The summed E-state index contributed by atoms with van der Waals surface area (Å²) in [5, 5.41) is 24.8. The van der Waals surface area contributed by atoms with Crippen LogP contribution in [0.25, 0.3) is 16.9 Å². The smallest absolute Gasteiger partial charge is 0.490 e. The van der Waals surface area contributed by atoms with Crippen molar-refractivity contribution in [3.05, 3.63) is 85.4 Å². The first-order valence-electron chi connectivity index (χ1n) is 11.7. The van der Waals surface area contributed by atoms with Crippen LogP contribution in [-0.2, 0) is 6.54 Å². The molecule has 6 nitrogen and oxygen atoms in total.